The standard InChI is InChI=1S/C15H16F3N5O/c1-24-13-4-5-19-14(21-13)23-8-6-22(7-9-23)12-3-2-11(10-20-12)15(16,17)18/h2-5,10H,6-9H2,1H3. The predicted octanol–water partition coefficient (Wildman–Crippen LogP) is 2.23. The van der Waals surface area contributed by atoms with E-state index < -0.39 is 11.7 Å². The van der Waals surface area contributed by atoms with E-state index in [1.807, 2.05) is 9.80 Å². The van der Waals surface area contributed by atoms with E-state index in [-0.39, 0.29) is 0 Å². The van der Waals surface area contributed by atoms with Gasteiger partial charge in [0, 0.05) is 44.6 Å². The number of rotatable bonds is 3. The first-order valence-electron chi connectivity index (χ1n) is 7.37. The first-order chi connectivity index (χ1) is 11.5. The minimum atomic E-state index is -4.37. The topological polar surface area (TPSA) is 54.4 Å². The number of hydrogen-bond acceptors (Lipinski definition) is 6. The van der Waals surface area contributed by atoms with E-state index in [1.54, 1.807) is 19.4 Å². The van der Waals surface area contributed by atoms with Crippen LogP contribution in [0.25, 0.3) is 0 Å². The molecule has 0 unspecified atom stereocenters. The van der Waals surface area contributed by atoms with Gasteiger partial charge in [-0.1, -0.05) is 0 Å². The normalized spacial score (nSPS) is 15.5. The molecule has 0 amide bonds. The van der Waals surface area contributed by atoms with Crippen LogP contribution in [0.5, 0.6) is 5.88 Å². The van der Waals surface area contributed by atoms with Crippen molar-refractivity contribution < 1.29 is 17.9 Å². The summed E-state index contributed by atoms with van der Waals surface area (Å²) in [6, 6.07) is 4.13. The second kappa shape index (κ2) is 6.50. The minimum Gasteiger partial charge on any atom is -0.481 e. The number of pyridine rings is 1. The van der Waals surface area contributed by atoms with Crippen LogP contribution in [0.3, 0.4) is 0 Å². The Morgan fingerprint density at radius 2 is 1.71 bits per heavy atom. The Labute approximate surface area is 136 Å². The molecule has 0 spiro atoms. The highest BCUT2D eigenvalue weighted by molar-refractivity contribution is 5.43. The molecule has 1 fully saturated rings. The van der Waals surface area contributed by atoms with Crippen molar-refractivity contribution in [3.63, 3.8) is 0 Å². The number of anilines is 2. The fourth-order valence-corrected chi connectivity index (χ4v) is 2.47. The van der Waals surface area contributed by atoms with Gasteiger partial charge in [-0.3, -0.25) is 0 Å². The number of alkyl halides is 3. The van der Waals surface area contributed by atoms with Crippen LogP contribution in [-0.4, -0.2) is 48.2 Å². The third kappa shape index (κ3) is 3.50. The Kier molecular flexibility index (Phi) is 4.41. The van der Waals surface area contributed by atoms with E-state index in [1.165, 1.54) is 6.07 Å². The van der Waals surface area contributed by atoms with E-state index >= 15 is 0 Å². The van der Waals surface area contributed by atoms with Gasteiger partial charge in [0.2, 0.25) is 11.8 Å². The Hall–Kier alpha value is -2.58. The summed E-state index contributed by atoms with van der Waals surface area (Å²) in [4.78, 5) is 16.4. The van der Waals surface area contributed by atoms with Crippen molar-refractivity contribution in [2.75, 3.05) is 43.1 Å². The lowest BCUT2D eigenvalue weighted by Gasteiger charge is -2.35. The molecule has 3 heterocycles. The molecule has 0 aliphatic carbocycles. The van der Waals surface area contributed by atoms with Crippen molar-refractivity contribution in [1.82, 2.24) is 15.0 Å². The maximum absolute atomic E-state index is 12.6. The van der Waals surface area contributed by atoms with Gasteiger partial charge >= 0.3 is 6.18 Å². The summed E-state index contributed by atoms with van der Waals surface area (Å²) in [7, 11) is 1.54. The minimum absolute atomic E-state index is 0.492. The van der Waals surface area contributed by atoms with Crippen LogP contribution in [0.4, 0.5) is 24.9 Å². The molecule has 1 aliphatic heterocycles. The molecule has 0 atom stereocenters. The zero-order valence-electron chi connectivity index (χ0n) is 13.0. The zero-order chi connectivity index (χ0) is 17.2. The first kappa shape index (κ1) is 16.3. The van der Waals surface area contributed by atoms with Gasteiger partial charge in [-0.2, -0.15) is 18.2 Å². The maximum Gasteiger partial charge on any atom is 0.417 e. The summed E-state index contributed by atoms with van der Waals surface area (Å²) in [5.74, 6) is 1.61. The van der Waals surface area contributed by atoms with Crippen molar-refractivity contribution in [1.29, 1.82) is 0 Å². The van der Waals surface area contributed by atoms with Gasteiger partial charge < -0.3 is 14.5 Å². The lowest BCUT2D eigenvalue weighted by molar-refractivity contribution is -0.137. The fraction of sp³-hybridized carbons (Fsp3) is 0.400. The summed E-state index contributed by atoms with van der Waals surface area (Å²) < 4.78 is 42.8. The summed E-state index contributed by atoms with van der Waals surface area (Å²) in [5, 5.41) is 0. The van der Waals surface area contributed by atoms with E-state index in [9.17, 15) is 13.2 Å². The number of nitrogens with zero attached hydrogens (tertiary/aromatic N) is 5. The summed E-state index contributed by atoms with van der Waals surface area (Å²) in [6.07, 6.45) is -1.87. The van der Waals surface area contributed by atoms with Crippen molar-refractivity contribution in [2.45, 2.75) is 6.18 Å². The Morgan fingerprint density at radius 3 is 2.29 bits per heavy atom. The average Bonchev–Trinajstić information content (AvgIpc) is 2.61. The number of hydrogen-bond donors (Lipinski definition) is 0. The average molecular weight is 339 g/mol. The van der Waals surface area contributed by atoms with Crippen LogP contribution in [0, 0.1) is 0 Å². The molecule has 24 heavy (non-hydrogen) atoms. The number of piperazine rings is 1. The van der Waals surface area contributed by atoms with E-state index in [2.05, 4.69) is 15.0 Å². The van der Waals surface area contributed by atoms with Crippen LogP contribution in [0.1, 0.15) is 5.56 Å². The molecule has 0 saturated carbocycles. The van der Waals surface area contributed by atoms with Crippen LogP contribution in [0.15, 0.2) is 30.6 Å². The highest BCUT2D eigenvalue weighted by atomic mass is 19.4. The lowest BCUT2D eigenvalue weighted by atomic mass is 10.2. The molecule has 0 aromatic carbocycles. The second-order valence-corrected chi connectivity index (χ2v) is 5.28. The highest BCUT2D eigenvalue weighted by Gasteiger charge is 2.31. The Balaban J connectivity index is 1.64. The van der Waals surface area contributed by atoms with Gasteiger partial charge in [0.1, 0.15) is 5.82 Å². The third-order valence-electron chi connectivity index (χ3n) is 3.79. The molecule has 0 bridgehead atoms. The summed E-state index contributed by atoms with van der Waals surface area (Å²) in [5.41, 5.74) is -0.741. The number of methoxy groups -OCH3 is 1. The smallest absolute Gasteiger partial charge is 0.417 e. The zero-order valence-corrected chi connectivity index (χ0v) is 13.0. The number of halogens is 3. The molecule has 1 saturated heterocycles. The van der Waals surface area contributed by atoms with Gasteiger partial charge in [0.25, 0.3) is 0 Å². The highest BCUT2D eigenvalue weighted by Crippen LogP contribution is 2.29. The quantitative estimate of drug-likeness (QED) is 0.855. The number of ether oxygens (including phenoxy) is 1. The fourth-order valence-electron chi connectivity index (χ4n) is 2.47. The second-order valence-electron chi connectivity index (χ2n) is 5.28. The molecule has 6 nitrogen and oxygen atoms in total. The molecule has 9 heteroatoms. The molecule has 2 aromatic rings. The van der Waals surface area contributed by atoms with Gasteiger partial charge in [0.05, 0.1) is 12.7 Å². The molecule has 3 rings (SSSR count). The van der Waals surface area contributed by atoms with Gasteiger partial charge in [-0.15, -0.1) is 0 Å². The maximum atomic E-state index is 12.6. The molecule has 128 valence electrons. The summed E-state index contributed by atoms with van der Waals surface area (Å²) >= 11 is 0. The monoisotopic (exact) mass is 339 g/mol. The van der Waals surface area contributed by atoms with Crippen molar-refractivity contribution in [3.05, 3.63) is 36.2 Å². The molecule has 1 aliphatic rings. The van der Waals surface area contributed by atoms with Gasteiger partial charge in [0.15, 0.2) is 0 Å². The van der Waals surface area contributed by atoms with Gasteiger partial charge in [-0.05, 0) is 12.1 Å². The Morgan fingerprint density at radius 1 is 1.00 bits per heavy atom. The molecular formula is C15H16F3N5O. The van der Waals surface area contributed by atoms with Crippen LogP contribution >= 0.6 is 0 Å². The predicted molar refractivity (Wildman–Crippen MR) is 82.2 cm³/mol. The Bertz CT molecular complexity index is 684. The van der Waals surface area contributed by atoms with Gasteiger partial charge in [-0.25, -0.2) is 9.97 Å². The van der Waals surface area contributed by atoms with Crippen LogP contribution < -0.4 is 14.5 Å². The lowest BCUT2D eigenvalue weighted by Crippen LogP contribution is -2.47. The third-order valence-corrected chi connectivity index (χ3v) is 3.79. The van der Waals surface area contributed by atoms with Crippen molar-refractivity contribution in [3.8, 4) is 5.88 Å². The van der Waals surface area contributed by atoms with Crippen molar-refractivity contribution >= 4 is 11.8 Å². The summed E-state index contributed by atoms with van der Waals surface area (Å²) in [6.45, 7) is 2.55. The van der Waals surface area contributed by atoms with Crippen LogP contribution in [-0.2, 0) is 6.18 Å². The number of aromatic nitrogens is 3. The van der Waals surface area contributed by atoms with Crippen molar-refractivity contribution in [2.24, 2.45) is 0 Å². The largest absolute Gasteiger partial charge is 0.481 e. The van der Waals surface area contributed by atoms with E-state index in [0.29, 0.717) is 43.8 Å². The SMILES string of the molecule is COc1ccnc(N2CCN(c3ccc(C(F)(F)F)cn3)CC2)n1. The van der Waals surface area contributed by atoms with Crippen LogP contribution in [0.2, 0.25) is 0 Å². The molecule has 0 radical (unpaired) electrons. The van der Waals surface area contributed by atoms with E-state index in [0.717, 1.165) is 12.3 Å². The van der Waals surface area contributed by atoms with E-state index in [4.69, 9.17) is 4.74 Å². The molecular weight excluding hydrogens is 323 g/mol. The molecule has 2 aromatic heterocycles. The molecule has 0 N–H and O–H groups in total. The first-order valence-corrected chi connectivity index (χ1v) is 7.37.